The van der Waals surface area contributed by atoms with Crippen molar-refractivity contribution in [3.63, 3.8) is 0 Å². The number of ether oxygens (including phenoxy) is 1. The van der Waals surface area contributed by atoms with E-state index >= 15 is 0 Å². The lowest BCUT2D eigenvalue weighted by atomic mass is 10.0. The van der Waals surface area contributed by atoms with Gasteiger partial charge in [-0.15, -0.1) is 0 Å². The third-order valence-electron chi connectivity index (χ3n) is 3.89. The maximum absolute atomic E-state index is 5.91. The normalized spacial score (nSPS) is 14.0. The summed E-state index contributed by atoms with van der Waals surface area (Å²) in [5.74, 6) is 7.73. The largest absolute Gasteiger partial charge is 0.494 e. The number of amidine groups is 1. The van der Waals surface area contributed by atoms with Crippen LogP contribution in [0.5, 0.6) is 5.75 Å². The van der Waals surface area contributed by atoms with E-state index < -0.39 is 0 Å². The minimum absolute atomic E-state index is 0.767. The molecule has 1 aliphatic rings. The van der Waals surface area contributed by atoms with E-state index in [0.717, 1.165) is 49.7 Å². The topological polar surface area (TPSA) is 50.8 Å². The molecule has 0 unspecified atom stereocenters. The smallest absolute Gasteiger partial charge is 0.145 e. The van der Waals surface area contributed by atoms with Crippen molar-refractivity contribution in [2.45, 2.75) is 19.8 Å². The SMILES string of the molecule is CCCOc1ccc(Cc2ccc(C3=NCCN3N)cc2)cc1. The number of aliphatic imine (C=N–C) groups is 1. The second-order valence-electron chi connectivity index (χ2n) is 5.76. The minimum atomic E-state index is 0.767. The van der Waals surface area contributed by atoms with Crippen molar-refractivity contribution in [2.24, 2.45) is 10.8 Å². The monoisotopic (exact) mass is 309 g/mol. The molecular formula is C19H23N3O. The Hall–Kier alpha value is -2.33. The molecule has 2 aromatic rings. The van der Waals surface area contributed by atoms with E-state index in [-0.39, 0.29) is 0 Å². The van der Waals surface area contributed by atoms with Gasteiger partial charge in [-0.1, -0.05) is 43.3 Å². The van der Waals surface area contributed by atoms with Crippen LogP contribution in [0.25, 0.3) is 0 Å². The Bertz CT molecular complexity index is 662. The molecule has 0 saturated heterocycles. The van der Waals surface area contributed by atoms with Crippen LogP contribution >= 0.6 is 0 Å². The van der Waals surface area contributed by atoms with Crippen molar-refractivity contribution in [3.05, 3.63) is 65.2 Å². The molecule has 0 bridgehead atoms. The predicted molar refractivity (Wildman–Crippen MR) is 93.8 cm³/mol. The standard InChI is InChI=1S/C19H23N3O/c1-2-13-23-18-9-5-16(6-10-18)14-15-3-7-17(8-4-15)19-21-11-12-22(19)20/h3-10H,2,11-14,20H2,1H3. The average molecular weight is 309 g/mol. The van der Waals surface area contributed by atoms with Gasteiger partial charge >= 0.3 is 0 Å². The molecule has 1 heterocycles. The molecule has 0 aromatic heterocycles. The van der Waals surface area contributed by atoms with Crippen LogP contribution in [0.2, 0.25) is 0 Å². The fourth-order valence-corrected chi connectivity index (χ4v) is 2.65. The predicted octanol–water partition coefficient (Wildman–Crippen LogP) is 3.00. The summed E-state index contributed by atoms with van der Waals surface area (Å²) in [6.45, 7) is 4.45. The first-order chi connectivity index (χ1) is 11.3. The zero-order valence-electron chi connectivity index (χ0n) is 13.5. The van der Waals surface area contributed by atoms with Crippen molar-refractivity contribution >= 4 is 5.84 Å². The highest BCUT2D eigenvalue weighted by atomic mass is 16.5. The van der Waals surface area contributed by atoms with Crippen molar-refractivity contribution in [3.8, 4) is 5.75 Å². The molecule has 120 valence electrons. The van der Waals surface area contributed by atoms with Gasteiger partial charge in [0.05, 0.1) is 19.7 Å². The molecular weight excluding hydrogens is 286 g/mol. The lowest BCUT2D eigenvalue weighted by Gasteiger charge is -2.13. The number of nitrogens with zero attached hydrogens (tertiary/aromatic N) is 2. The fourth-order valence-electron chi connectivity index (χ4n) is 2.65. The van der Waals surface area contributed by atoms with Crippen molar-refractivity contribution < 1.29 is 4.74 Å². The van der Waals surface area contributed by atoms with Crippen LogP contribution in [0.4, 0.5) is 0 Å². The molecule has 0 aliphatic carbocycles. The molecule has 4 nitrogen and oxygen atoms in total. The third kappa shape index (κ3) is 3.90. The Labute approximate surface area is 137 Å². The van der Waals surface area contributed by atoms with Gasteiger partial charge in [0.25, 0.3) is 0 Å². The average Bonchev–Trinajstić information content (AvgIpc) is 3.01. The van der Waals surface area contributed by atoms with Crippen LogP contribution in [0.3, 0.4) is 0 Å². The van der Waals surface area contributed by atoms with Gasteiger partial charge in [-0.2, -0.15) is 0 Å². The number of benzene rings is 2. The fraction of sp³-hybridized carbons (Fsp3) is 0.316. The Morgan fingerprint density at radius 2 is 1.70 bits per heavy atom. The number of hydrazine groups is 1. The summed E-state index contributed by atoms with van der Waals surface area (Å²) in [6.07, 6.45) is 1.94. The van der Waals surface area contributed by atoms with Gasteiger partial charge in [0.1, 0.15) is 11.6 Å². The summed E-state index contributed by atoms with van der Waals surface area (Å²) in [7, 11) is 0. The maximum Gasteiger partial charge on any atom is 0.145 e. The van der Waals surface area contributed by atoms with Crippen LogP contribution in [-0.2, 0) is 6.42 Å². The highest BCUT2D eigenvalue weighted by molar-refractivity contribution is 5.99. The molecule has 0 fully saturated rings. The van der Waals surface area contributed by atoms with Crippen LogP contribution in [-0.4, -0.2) is 30.5 Å². The molecule has 1 aliphatic heterocycles. The summed E-state index contributed by atoms with van der Waals surface area (Å²) in [4.78, 5) is 4.44. The second-order valence-corrected chi connectivity index (χ2v) is 5.76. The number of hydrogen-bond acceptors (Lipinski definition) is 4. The maximum atomic E-state index is 5.91. The lowest BCUT2D eigenvalue weighted by molar-refractivity contribution is 0.317. The summed E-state index contributed by atoms with van der Waals surface area (Å²) in [5.41, 5.74) is 3.63. The van der Waals surface area contributed by atoms with Crippen molar-refractivity contribution in [1.29, 1.82) is 0 Å². The van der Waals surface area contributed by atoms with Gasteiger partial charge in [-0.3, -0.25) is 10.0 Å². The van der Waals surface area contributed by atoms with Gasteiger partial charge in [0.2, 0.25) is 0 Å². The summed E-state index contributed by atoms with van der Waals surface area (Å²) >= 11 is 0. The minimum Gasteiger partial charge on any atom is -0.494 e. The van der Waals surface area contributed by atoms with Crippen molar-refractivity contribution in [2.75, 3.05) is 19.7 Å². The zero-order valence-corrected chi connectivity index (χ0v) is 13.5. The lowest BCUT2D eigenvalue weighted by Crippen LogP contribution is -2.34. The van der Waals surface area contributed by atoms with Gasteiger partial charge in [0, 0.05) is 5.56 Å². The van der Waals surface area contributed by atoms with E-state index in [1.807, 2.05) is 12.1 Å². The van der Waals surface area contributed by atoms with Gasteiger partial charge in [-0.25, -0.2) is 5.84 Å². The Morgan fingerprint density at radius 1 is 1.04 bits per heavy atom. The Balaban J connectivity index is 1.64. The molecule has 0 radical (unpaired) electrons. The number of rotatable bonds is 6. The summed E-state index contributed by atoms with van der Waals surface area (Å²) in [5, 5.41) is 1.71. The zero-order chi connectivity index (χ0) is 16.1. The molecule has 0 spiro atoms. The highest BCUT2D eigenvalue weighted by Crippen LogP contribution is 2.17. The molecule has 4 heteroatoms. The van der Waals surface area contributed by atoms with E-state index in [1.54, 1.807) is 5.01 Å². The molecule has 0 amide bonds. The van der Waals surface area contributed by atoms with Crippen LogP contribution in [0.1, 0.15) is 30.0 Å². The van der Waals surface area contributed by atoms with Gasteiger partial charge in [-0.05, 0) is 36.1 Å². The first-order valence-corrected chi connectivity index (χ1v) is 8.14. The van der Waals surface area contributed by atoms with E-state index in [4.69, 9.17) is 10.6 Å². The number of nitrogens with two attached hydrogens (primary N) is 1. The van der Waals surface area contributed by atoms with Gasteiger partial charge < -0.3 is 4.74 Å². The molecule has 3 rings (SSSR count). The third-order valence-corrected chi connectivity index (χ3v) is 3.89. The molecule has 0 saturated carbocycles. The molecule has 23 heavy (non-hydrogen) atoms. The first-order valence-electron chi connectivity index (χ1n) is 8.14. The second kappa shape index (κ2) is 7.29. The van der Waals surface area contributed by atoms with E-state index in [2.05, 4.69) is 48.3 Å². The van der Waals surface area contributed by atoms with Crippen LogP contribution in [0, 0.1) is 0 Å². The van der Waals surface area contributed by atoms with Gasteiger partial charge in [0.15, 0.2) is 0 Å². The number of hydrogen-bond donors (Lipinski definition) is 1. The molecule has 2 aromatic carbocycles. The van der Waals surface area contributed by atoms with E-state index in [9.17, 15) is 0 Å². The van der Waals surface area contributed by atoms with E-state index in [0.29, 0.717) is 0 Å². The first kappa shape index (κ1) is 15.6. The highest BCUT2D eigenvalue weighted by Gasteiger charge is 2.14. The quantitative estimate of drug-likeness (QED) is 0.835. The van der Waals surface area contributed by atoms with Crippen LogP contribution < -0.4 is 10.6 Å². The summed E-state index contributed by atoms with van der Waals surface area (Å²) < 4.78 is 5.61. The Kier molecular flexibility index (Phi) is 4.93. The summed E-state index contributed by atoms with van der Waals surface area (Å²) in [6, 6.07) is 16.8. The van der Waals surface area contributed by atoms with Crippen molar-refractivity contribution in [1.82, 2.24) is 5.01 Å². The van der Waals surface area contributed by atoms with Crippen LogP contribution in [0.15, 0.2) is 53.5 Å². The Morgan fingerprint density at radius 3 is 2.26 bits per heavy atom. The molecule has 2 N–H and O–H groups in total. The molecule has 0 atom stereocenters. The van der Waals surface area contributed by atoms with E-state index in [1.165, 1.54) is 11.1 Å².